The van der Waals surface area contributed by atoms with Crippen molar-refractivity contribution in [3.05, 3.63) is 42.0 Å². The summed E-state index contributed by atoms with van der Waals surface area (Å²) in [6.07, 6.45) is 9.12. The lowest BCUT2D eigenvalue weighted by Gasteiger charge is -2.14. The molecule has 1 aromatic carbocycles. The van der Waals surface area contributed by atoms with Gasteiger partial charge in [0.05, 0.1) is 13.2 Å². The van der Waals surface area contributed by atoms with Gasteiger partial charge in [-0.2, -0.15) is 0 Å². The molecule has 0 saturated carbocycles. The number of aromatic nitrogens is 3. The summed E-state index contributed by atoms with van der Waals surface area (Å²) >= 11 is 0. The minimum atomic E-state index is 0.597. The second kappa shape index (κ2) is 13.6. The van der Waals surface area contributed by atoms with Gasteiger partial charge in [0.1, 0.15) is 18.4 Å². The molecule has 0 amide bonds. The number of hydrogen-bond acceptors (Lipinski definition) is 4. The van der Waals surface area contributed by atoms with E-state index in [9.17, 15) is 0 Å². The van der Waals surface area contributed by atoms with Gasteiger partial charge >= 0.3 is 0 Å². The SMILES string of the molecule is CCCCCOc1cc(C)ccc1CN=C(NCC)NCCCCn1cnnc1. The fourth-order valence-corrected chi connectivity index (χ4v) is 2.93. The summed E-state index contributed by atoms with van der Waals surface area (Å²) in [5.74, 6) is 1.80. The molecule has 160 valence electrons. The van der Waals surface area contributed by atoms with Crippen molar-refractivity contribution in [3.63, 3.8) is 0 Å². The zero-order valence-corrected chi connectivity index (χ0v) is 18.2. The molecule has 0 spiro atoms. The molecule has 7 heteroatoms. The third-order valence-corrected chi connectivity index (χ3v) is 4.58. The van der Waals surface area contributed by atoms with Crippen molar-refractivity contribution in [1.29, 1.82) is 0 Å². The van der Waals surface area contributed by atoms with Crippen LogP contribution in [0.25, 0.3) is 0 Å². The molecule has 2 N–H and O–H groups in total. The second-order valence-corrected chi connectivity index (χ2v) is 7.20. The first-order chi connectivity index (χ1) is 14.2. The standard InChI is InChI=1S/C22H36N6O/c1-4-6-9-14-29-21-15-19(3)10-11-20(21)16-25-22(23-5-2)24-12-7-8-13-28-17-26-27-18-28/h10-11,15,17-18H,4-9,12-14,16H2,1-3H3,(H2,23,24,25). The minimum Gasteiger partial charge on any atom is -0.493 e. The molecule has 2 rings (SSSR count). The van der Waals surface area contributed by atoms with Crippen molar-refractivity contribution in [2.24, 2.45) is 4.99 Å². The largest absolute Gasteiger partial charge is 0.493 e. The van der Waals surface area contributed by atoms with E-state index in [1.807, 2.05) is 4.57 Å². The van der Waals surface area contributed by atoms with Crippen LogP contribution in [-0.4, -0.2) is 40.4 Å². The Bertz CT molecular complexity index is 714. The van der Waals surface area contributed by atoms with E-state index in [4.69, 9.17) is 9.73 Å². The van der Waals surface area contributed by atoms with Gasteiger partial charge in [0, 0.05) is 25.2 Å². The quantitative estimate of drug-likeness (QED) is 0.305. The Morgan fingerprint density at radius 2 is 1.90 bits per heavy atom. The molecule has 0 radical (unpaired) electrons. The van der Waals surface area contributed by atoms with Crippen LogP contribution in [0.1, 0.15) is 57.1 Å². The third kappa shape index (κ3) is 8.98. The summed E-state index contributed by atoms with van der Waals surface area (Å²) in [5, 5.41) is 14.4. The van der Waals surface area contributed by atoms with Crippen LogP contribution >= 0.6 is 0 Å². The Balaban J connectivity index is 1.84. The molecule has 1 aromatic heterocycles. The van der Waals surface area contributed by atoms with Gasteiger partial charge in [-0.25, -0.2) is 4.99 Å². The van der Waals surface area contributed by atoms with E-state index < -0.39 is 0 Å². The van der Waals surface area contributed by atoms with Crippen molar-refractivity contribution in [2.45, 2.75) is 66.0 Å². The number of hydrogen-bond donors (Lipinski definition) is 2. The summed E-state index contributed by atoms with van der Waals surface area (Å²) < 4.78 is 8.04. The molecule has 0 unspecified atom stereocenters. The van der Waals surface area contributed by atoms with E-state index in [0.29, 0.717) is 6.54 Å². The Labute approximate surface area is 175 Å². The molecule has 0 bridgehead atoms. The van der Waals surface area contributed by atoms with Gasteiger partial charge in [-0.1, -0.05) is 31.9 Å². The number of nitrogens with zero attached hydrogens (tertiary/aromatic N) is 4. The Morgan fingerprint density at radius 1 is 1.07 bits per heavy atom. The lowest BCUT2D eigenvalue weighted by molar-refractivity contribution is 0.303. The van der Waals surface area contributed by atoms with Crippen molar-refractivity contribution in [1.82, 2.24) is 25.4 Å². The average molecular weight is 401 g/mol. The number of benzene rings is 1. The van der Waals surface area contributed by atoms with Crippen LogP contribution < -0.4 is 15.4 Å². The average Bonchev–Trinajstić information content (AvgIpc) is 3.23. The number of unbranched alkanes of at least 4 members (excludes halogenated alkanes) is 3. The van der Waals surface area contributed by atoms with Gasteiger partial charge in [-0.3, -0.25) is 0 Å². The maximum absolute atomic E-state index is 6.04. The Morgan fingerprint density at radius 3 is 2.66 bits per heavy atom. The molecule has 0 fully saturated rings. The number of ether oxygens (including phenoxy) is 1. The van der Waals surface area contributed by atoms with Crippen molar-refractivity contribution >= 4 is 5.96 Å². The second-order valence-electron chi connectivity index (χ2n) is 7.20. The van der Waals surface area contributed by atoms with Gasteiger partial charge in [0.2, 0.25) is 0 Å². The predicted molar refractivity (Wildman–Crippen MR) is 118 cm³/mol. The highest BCUT2D eigenvalue weighted by Crippen LogP contribution is 2.21. The third-order valence-electron chi connectivity index (χ3n) is 4.58. The normalized spacial score (nSPS) is 11.5. The summed E-state index contributed by atoms with van der Waals surface area (Å²) in [6, 6.07) is 6.36. The molecule has 0 aliphatic heterocycles. The Kier molecular flexibility index (Phi) is 10.6. The lowest BCUT2D eigenvalue weighted by atomic mass is 10.1. The zero-order valence-electron chi connectivity index (χ0n) is 18.2. The zero-order chi connectivity index (χ0) is 20.7. The van der Waals surface area contributed by atoms with Crippen LogP contribution in [0.5, 0.6) is 5.75 Å². The first-order valence-corrected chi connectivity index (χ1v) is 10.8. The van der Waals surface area contributed by atoms with Gasteiger partial charge in [0.15, 0.2) is 5.96 Å². The van der Waals surface area contributed by atoms with Crippen LogP contribution in [0.2, 0.25) is 0 Å². The van der Waals surface area contributed by atoms with Crippen molar-refractivity contribution in [3.8, 4) is 5.75 Å². The van der Waals surface area contributed by atoms with Gasteiger partial charge < -0.3 is 19.9 Å². The van der Waals surface area contributed by atoms with Crippen LogP contribution in [0.3, 0.4) is 0 Å². The summed E-state index contributed by atoms with van der Waals surface area (Å²) in [6.45, 7) is 10.4. The van der Waals surface area contributed by atoms with Crippen LogP contribution in [0.4, 0.5) is 0 Å². The molecule has 2 aromatic rings. The van der Waals surface area contributed by atoms with Crippen molar-refractivity contribution < 1.29 is 4.74 Å². The maximum Gasteiger partial charge on any atom is 0.191 e. The van der Waals surface area contributed by atoms with Gasteiger partial charge in [0.25, 0.3) is 0 Å². The number of aryl methyl sites for hydroxylation is 2. The summed E-state index contributed by atoms with van der Waals surface area (Å²) in [7, 11) is 0. The highest BCUT2D eigenvalue weighted by atomic mass is 16.5. The summed E-state index contributed by atoms with van der Waals surface area (Å²) in [5.41, 5.74) is 2.33. The van der Waals surface area contributed by atoms with Crippen LogP contribution in [-0.2, 0) is 13.1 Å². The van der Waals surface area contributed by atoms with E-state index in [1.165, 1.54) is 18.4 Å². The number of guanidine groups is 1. The molecular formula is C22H36N6O. The number of rotatable bonds is 13. The Hall–Kier alpha value is -2.57. The smallest absolute Gasteiger partial charge is 0.191 e. The highest BCUT2D eigenvalue weighted by Gasteiger charge is 2.05. The number of aliphatic imine (C=N–C) groups is 1. The first kappa shape index (κ1) is 22.7. The molecular weight excluding hydrogens is 364 g/mol. The first-order valence-electron chi connectivity index (χ1n) is 10.8. The van der Waals surface area contributed by atoms with E-state index in [0.717, 1.165) is 62.8 Å². The fourth-order valence-electron chi connectivity index (χ4n) is 2.93. The highest BCUT2D eigenvalue weighted by molar-refractivity contribution is 5.79. The van der Waals surface area contributed by atoms with Crippen molar-refractivity contribution in [2.75, 3.05) is 19.7 Å². The monoisotopic (exact) mass is 400 g/mol. The van der Waals surface area contributed by atoms with E-state index >= 15 is 0 Å². The fraction of sp³-hybridized carbons (Fsp3) is 0.591. The predicted octanol–water partition coefficient (Wildman–Crippen LogP) is 3.69. The van der Waals surface area contributed by atoms with Crippen LogP contribution in [0.15, 0.2) is 35.8 Å². The molecule has 0 saturated heterocycles. The molecule has 1 heterocycles. The van der Waals surface area contributed by atoms with E-state index in [2.05, 4.69) is 59.8 Å². The molecule has 0 atom stereocenters. The van der Waals surface area contributed by atoms with Gasteiger partial charge in [-0.15, -0.1) is 10.2 Å². The van der Waals surface area contributed by atoms with E-state index in [-0.39, 0.29) is 0 Å². The minimum absolute atomic E-state index is 0.597. The number of nitrogens with one attached hydrogen (secondary N) is 2. The van der Waals surface area contributed by atoms with Gasteiger partial charge in [-0.05, 0) is 44.7 Å². The molecule has 0 aliphatic rings. The van der Waals surface area contributed by atoms with Crippen LogP contribution in [0, 0.1) is 6.92 Å². The lowest BCUT2D eigenvalue weighted by Crippen LogP contribution is -2.37. The topological polar surface area (TPSA) is 76.4 Å². The molecule has 0 aliphatic carbocycles. The summed E-state index contributed by atoms with van der Waals surface area (Å²) in [4.78, 5) is 4.76. The molecule has 29 heavy (non-hydrogen) atoms. The van der Waals surface area contributed by atoms with E-state index in [1.54, 1.807) is 12.7 Å². The molecule has 7 nitrogen and oxygen atoms in total. The maximum atomic E-state index is 6.04.